The van der Waals surface area contributed by atoms with Gasteiger partial charge in [-0.1, -0.05) is 19.1 Å². The molecule has 1 aromatic carbocycles. The average molecular weight is 315 g/mol. The number of carbonyl (C=O) groups excluding carboxylic acids is 1. The minimum atomic E-state index is -0.240. The molecule has 2 unspecified atom stereocenters. The van der Waals surface area contributed by atoms with E-state index < -0.39 is 0 Å². The first-order valence-electron chi connectivity index (χ1n) is 8.24. The van der Waals surface area contributed by atoms with Crippen LogP contribution in [0.2, 0.25) is 0 Å². The predicted molar refractivity (Wildman–Crippen MR) is 86.7 cm³/mol. The number of benzene rings is 1. The Balaban J connectivity index is 1.61. The Morgan fingerprint density at radius 2 is 2.13 bits per heavy atom. The standard InChI is InChI=1S/C19H22FNO2/c1-2-14(15-5-7-17(20)8-6-15)12-19(22)21-10-9-16(13-21)18-4-3-11-23-18/h3-8,11,14,16H,2,9-10,12-13H2,1H3. The molecule has 1 saturated heterocycles. The Hall–Kier alpha value is -2.10. The first-order chi connectivity index (χ1) is 11.2. The van der Waals surface area contributed by atoms with Gasteiger partial charge in [0.2, 0.25) is 5.91 Å². The summed E-state index contributed by atoms with van der Waals surface area (Å²) in [6, 6.07) is 10.4. The number of carbonyl (C=O) groups is 1. The maximum atomic E-state index is 13.1. The molecular formula is C19H22FNO2. The number of halogens is 1. The Labute approximate surface area is 136 Å². The molecule has 2 atom stereocenters. The Morgan fingerprint density at radius 1 is 1.35 bits per heavy atom. The van der Waals surface area contributed by atoms with Gasteiger partial charge in [-0.2, -0.15) is 0 Å². The molecule has 23 heavy (non-hydrogen) atoms. The summed E-state index contributed by atoms with van der Waals surface area (Å²) in [5.41, 5.74) is 1.03. The molecule has 2 heterocycles. The van der Waals surface area contributed by atoms with Gasteiger partial charge in [0.05, 0.1) is 6.26 Å². The van der Waals surface area contributed by atoms with E-state index in [1.807, 2.05) is 17.0 Å². The van der Waals surface area contributed by atoms with Crippen LogP contribution >= 0.6 is 0 Å². The van der Waals surface area contributed by atoms with Crippen LogP contribution in [-0.2, 0) is 4.79 Å². The van der Waals surface area contributed by atoms with E-state index in [9.17, 15) is 9.18 Å². The number of nitrogens with zero attached hydrogens (tertiary/aromatic N) is 1. The summed E-state index contributed by atoms with van der Waals surface area (Å²) in [5.74, 6) is 1.35. The number of rotatable bonds is 5. The third-order valence-electron chi connectivity index (χ3n) is 4.74. The third-order valence-corrected chi connectivity index (χ3v) is 4.74. The second kappa shape index (κ2) is 6.99. The topological polar surface area (TPSA) is 33.5 Å². The number of amides is 1. The lowest BCUT2D eigenvalue weighted by molar-refractivity contribution is -0.130. The summed E-state index contributed by atoms with van der Waals surface area (Å²) in [6.45, 7) is 3.58. The molecule has 0 aliphatic carbocycles. The second-order valence-corrected chi connectivity index (χ2v) is 6.20. The van der Waals surface area contributed by atoms with E-state index in [1.54, 1.807) is 18.4 Å². The molecule has 0 saturated carbocycles. The van der Waals surface area contributed by atoms with Crippen molar-refractivity contribution in [3.63, 3.8) is 0 Å². The van der Waals surface area contributed by atoms with Crippen LogP contribution in [0.5, 0.6) is 0 Å². The molecule has 0 radical (unpaired) electrons. The largest absolute Gasteiger partial charge is 0.469 e. The third kappa shape index (κ3) is 3.63. The highest BCUT2D eigenvalue weighted by molar-refractivity contribution is 5.77. The van der Waals surface area contributed by atoms with Crippen molar-refractivity contribution in [2.45, 2.75) is 38.0 Å². The Bertz CT molecular complexity index is 636. The van der Waals surface area contributed by atoms with Crippen LogP contribution < -0.4 is 0 Å². The quantitative estimate of drug-likeness (QED) is 0.823. The molecule has 0 N–H and O–H groups in total. The maximum Gasteiger partial charge on any atom is 0.223 e. The van der Waals surface area contributed by atoms with E-state index >= 15 is 0 Å². The van der Waals surface area contributed by atoms with Gasteiger partial charge < -0.3 is 9.32 Å². The van der Waals surface area contributed by atoms with Crippen LogP contribution in [0.3, 0.4) is 0 Å². The molecule has 1 aliphatic heterocycles. The number of likely N-dealkylation sites (tertiary alicyclic amines) is 1. The fourth-order valence-corrected chi connectivity index (χ4v) is 3.32. The van der Waals surface area contributed by atoms with Crippen LogP contribution in [0.1, 0.15) is 49.3 Å². The SMILES string of the molecule is CCC(CC(=O)N1CCC(c2ccco2)C1)c1ccc(F)cc1. The van der Waals surface area contributed by atoms with Gasteiger partial charge in [-0.25, -0.2) is 4.39 Å². The smallest absolute Gasteiger partial charge is 0.223 e. The monoisotopic (exact) mass is 315 g/mol. The summed E-state index contributed by atoms with van der Waals surface area (Å²) in [6.07, 6.45) is 3.98. The van der Waals surface area contributed by atoms with Crippen molar-refractivity contribution in [2.24, 2.45) is 0 Å². The zero-order valence-corrected chi connectivity index (χ0v) is 13.4. The lowest BCUT2D eigenvalue weighted by Gasteiger charge is -2.21. The van der Waals surface area contributed by atoms with E-state index in [1.165, 1.54) is 12.1 Å². The molecule has 1 aromatic heterocycles. The molecule has 1 fully saturated rings. The highest BCUT2D eigenvalue weighted by Crippen LogP contribution is 2.30. The van der Waals surface area contributed by atoms with Gasteiger partial charge >= 0.3 is 0 Å². The lowest BCUT2D eigenvalue weighted by atomic mass is 9.92. The van der Waals surface area contributed by atoms with E-state index in [0.717, 1.165) is 37.3 Å². The van der Waals surface area contributed by atoms with Crippen molar-refractivity contribution in [2.75, 3.05) is 13.1 Å². The van der Waals surface area contributed by atoms with Crippen molar-refractivity contribution in [1.29, 1.82) is 0 Å². The van der Waals surface area contributed by atoms with E-state index in [4.69, 9.17) is 4.42 Å². The highest BCUT2D eigenvalue weighted by Gasteiger charge is 2.29. The van der Waals surface area contributed by atoms with Gasteiger partial charge in [0.15, 0.2) is 0 Å². The molecule has 4 heteroatoms. The van der Waals surface area contributed by atoms with Gasteiger partial charge in [-0.3, -0.25) is 4.79 Å². The van der Waals surface area contributed by atoms with Crippen molar-refractivity contribution in [3.8, 4) is 0 Å². The molecular weight excluding hydrogens is 293 g/mol. The van der Waals surface area contributed by atoms with E-state index in [2.05, 4.69) is 6.92 Å². The lowest BCUT2D eigenvalue weighted by Crippen LogP contribution is -2.29. The fourth-order valence-electron chi connectivity index (χ4n) is 3.32. The molecule has 0 spiro atoms. The average Bonchev–Trinajstić information content (AvgIpc) is 3.24. The highest BCUT2D eigenvalue weighted by atomic mass is 19.1. The number of furan rings is 1. The van der Waals surface area contributed by atoms with Crippen LogP contribution in [-0.4, -0.2) is 23.9 Å². The van der Waals surface area contributed by atoms with Gasteiger partial charge in [0.25, 0.3) is 0 Å². The molecule has 1 amide bonds. The zero-order chi connectivity index (χ0) is 16.2. The van der Waals surface area contributed by atoms with Crippen molar-refractivity contribution >= 4 is 5.91 Å². The minimum Gasteiger partial charge on any atom is -0.469 e. The van der Waals surface area contributed by atoms with E-state index in [-0.39, 0.29) is 17.6 Å². The number of hydrogen-bond acceptors (Lipinski definition) is 2. The zero-order valence-electron chi connectivity index (χ0n) is 13.4. The predicted octanol–water partition coefficient (Wildman–Crippen LogP) is 4.32. The fraction of sp³-hybridized carbons (Fsp3) is 0.421. The summed E-state index contributed by atoms with van der Waals surface area (Å²) in [4.78, 5) is 14.5. The van der Waals surface area contributed by atoms with Gasteiger partial charge in [0, 0.05) is 25.4 Å². The Morgan fingerprint density at radius 3 is 2.78 bits per heavy atom. The number of hydrogen-bond donors (Lipinski definition) is 0. The van der Waals surface area contributed by atoms with Crippen molar-refractivity contribution < 1.29 is 13.6 Å². The molecule has 122 valence electrons. The van der Waals surface area contributed by atoms with Gasteiger partial charge in [-0.15, -0.1) is 0 Å². The second-order valence-electron chi connectivity index (χ2n) is 6.20. The molecule has 3 nitrogen and oxygen atoms in total. The summed E-state index contributed by atoms with van der Waals surface area (Å²) in [7, 11) is 0. The minimum absolute atomic E-state index is 0.144. The first kappa shape index (κ1) is 15.8. The maximum absolute atomic E-state index is 13.1. The van der Waals surface area contributed by atoms with Crippen LogP contribution in [0.15, 0.2) is 47.1 Å². The van der Waals surface area contributed by atoms with Crippen molar-refractivity contribution in [3.05, 3.63) is 59.8 Å². The molecule has 3 rings (SSSR count). The van der Waals surface area contributed by atoms with Gasteiger partial charge in [-0.05, 0) is 48.6 Å². The van der Waals surface area contributed by atoms with Gasteiger partial charge in [0.1, 0.15) is 11.6 Å². The van der Waals surface area contributed by atoms with E-state index in [0.29, 0.717) is 12.3 Å². The summed E-state index contributed by atoms with van der Waals surface area (Å²) < 4.78 is 18.5. The van der Waals surface area contributed by atoms with Crippen LogP contribution in [0.4, 0.5) is 4.39 Å². The molecule has 2 aromatic rings. The van der Waals surface area contributed by atoms with Crippen LogP contribution in [0, 0.1) is 5.82 Å². The Kier molecular flexibility index (Phi) is 4.79. The molecule has 1 aliphatic rings. The normalized spacial score (nSPS) is 19.0. The first-order valence-corrected chi connectivity index (χ1v) is 8.24. The molecule has 0 bridgehead atoms. The summed E-state index contributed by atoms with van der Waals surface area (Å²) >= 11 is 0. The van der Waals surface area contributed by atoms with Crippen LogP contribution in [0.25, 0.3) is 0 Å². The van der Waals surface area contributed by atoms with Crippen molar-refractivity contribution in [1.82, 2.24) is 4.90 Å². The summed E-state index contributed by atoms with van der Waals surface area (Å²) in [5, 5.41) is 0.